The Balaban J connectivity index is 1.47. The van der Waals surface area contributed by atoms with Gasteiger partial charge in [-0.1, -0.05) is 43.2 Å². The summed E-state index contributed by atoms with van der Waals surface area (Å²) in [5.74, 6) is -3.16. The molecule has 3 aromatic rings. The normalized spacial score (nSPS) is 18.9. The lowest BCUT2D eigenvalue weighted by atomic mass is 9.83. The molecule has 54 heavy (non-hydrogen) atoms. The summed E-state index contributed by atoms with van der Waals surface area (Å²) in [6.45, 7) is 3.52. The van der Waals surface area contributed by atoms with Gasteiger partial charge in [-0.15, -0.1) is 0 Å². The van der Waals surface area contributed by atoms with Crippen molar-refractivity contribution in [3.8, 4) is 0 Å². The first-order valence-electron chi connectivity index (χ1n) is 18.6. The second kappa shape index (κ2) is 17.7. The molecule has 4 atom stereocenters. The van der Waals surface area contributed by atoms with Crippen LogP contribution in [0.2, 0.25) is 0 Å². The number of hydrogen-bond donors (Lipinski definition) is 5. The Morgan fingerprint density at radius 2 is 1.69 bits per heavy atom. The molecule has 2 fully saturated rings. The number of aliphatic hydroxyl groups excluding tert-OH is 1. The lowest BCUT2D eigenvalue weighted by Gasteiger charge is -2.41. The van der Waals surface area contributed by atoms with Crippen molar-refractivity contribution in [2.75, 3.05) is 29.9 Å². The van der Waals surface area contributed by atoms with Gasteiger partial charge in [-0.2, -0.15) is 13.2 Å². The summed E-state index contributed by atoms with van der Waals surface area (Å²) >= 11 is 0. The molecule has 10 nitrogen and oxygen atoms in total. The maximum atomic E-state index is 15.2. The number of benzene rings is 3. The van der Waals surface area contributed by atoms with E-state index in [9.17, 15) is 32.7 Å². The Kier molecular flexibility index (Phi) is 13.4. The summed E-state index contributed by atoms with van der Waals surface area (Å²) in [5, 5.41) is 16.8. The van der Waals surface area contributed by atoms with E-state index in [-0.39, 0.29) is 41.9 Å². The molecular formula is C40H50F4N6O4. The Hall–Kier alpha value is -4.53. The van der Waals surface area contributed by atoms with Crippen LogP contribution >= 0.6 is 0 Å². The fourth-order valence-electron chi connectivity index (χ4n) is 7.74. The summed E-state index contributed by atoms with van der Waals surface area (Å²) in [6, 6.07) is 13.3. The van der Waals surface area contributed by atoms with Gasteiger partial charge in [0.1, 0.15) is 12.0 Å². The van der Waals surface area contributed by atoms with Crippen LogP contribution in [0.4, 0.5) is 28.9 Å². The highest BCUT2D eigenvalue weighted by Gasteiger charge is 2.41. The van der Waals surface area contributed by atoms with Gasteiger partial charge in [0.2, 0.25) is 11.8 Å². The van der Waals surface area contributed by atoms with Gasteiger partial charge in [0.05, 0.1) is 35.7 Å². The SMILES string of the molecule is Cc1ccc(NC(=O)[C@H]2CCCN(C(=O)c3c(C)cccc3F)[C@H]2c2ccc(N(C(O)CNC(=O)[C@@H](N)CCCN)C3CCCC3)cc2)cc1C(F)(F)F. The van der Waals surface area contributed by atoms with Crippen molar-refractivity contribution < 1.29 is 37.1 Å². The molecule has 1 unspecified atom stereocenters. The number of halogens is 4. The fraction of sp³-hybridized carbons (Fsp3) is 0.475. The highest BCUT2D eigenvalue weighted by atomic mass is 19.4. The number of aryl methyl sites for hydroxylation is 2. The Morgan fingerprint density at radius 1 is 0.981 bits per heavy atom. The predicted molar refractivity (Wildman–Crippen MR) is 199 cm³/mol. The van der Waals surface area contributed by atoms with E-state index in [4.69, 9.17) is 11.5 Å². The molecule has 3 amide bonds. The Labute approximate surface area is 313 Å². The number of carbonyl (C=O) groups excluding carboxylic acids is 3. The van der Waals surface area contributed by atoms with E-state index in [2.05, 4.69) is 10.6 Å². The van der Waals surface area contributed by atoms with Crippen LogP contribution in [0.15, 0.2) is 60.7 Å². The van der Waals surface area contributed by atoms with Gasteiger partial charge in [0.25, 0.3) is 5.91 Å². The molecule has 0 aromatic heterocycles. The summed E-state index contributed by atoms with van der Waals surface area (Å²) in [5.41, 5.74) is 12.2. The summed E-state index contributed by atoms with van der Waals surface area (Å²) in [7, 11) is 0. The van der Waals surface area contributed by atoms with E-state index >= 15 is 4.39 Å². The fourth-order valence-corrected chi connectivity index (χ4v) is 7.74. The van der Waals surface area contributed by atoms with Crippen LogP contribution in [0.1, 0.15) is 90.0 Å². The van der Waals surface area contributed by atoms with Crippen molar-refractivity contribution in [3.05, 3.63) is 94.3 Å². The number of alkyl halides is 3. The molecule has 5 rings (SSSR count). The first kappa shape index (κ1) is 40.7. The molecule has 1 aliphatic heterocycles. The van der Waals surface area contributed by atoms with Gasteiger partial charge < -0.3 is 37.0 Å². The van der Waals surface area contributed by atoms with Crippen molar-refractivity contribution in [1.82, 2.24) is 10.2 Å². The number of nitrogens with one attached hydrogen (secondary N) is 2. The largest absolute Gasteiger partial charge is 0.416 e. The monoisotopic (exact) mass is 754 g/mol. The van der Waals surface area contributed by atoms with Crippen molar-refractivity contribution in [1.29, 1.82) is 0 Å². The quantitative estimate of drug-likeness (QED) is 0.107. The van der Waals surface area contributed by atoms with E-state index in [1.54, 1.807) is 37.3 Å². The van der Waals surface area contributed by atoms with E-state index in [0.717, 1.165) is 31.7 Å². The third-order valence-electron chi connectivity index (χ3n) is 10.6. The molecule has 1 heterocycles. The second-order valence-corrected chi connectivity index (χ2v) is 14.3. The zero-order chi connectivity index (χ0) is 39.2. The van der Waals surface area contributed by atoms with Crippen molar-refractivity contribution in [2.24, 2.45) is 17.4 Å². The third kappa shape index (κ3) is 9.39. The van der Waals surface area contributed by atoms with Gasteiger partial charge in [-0.05, 0) is 106 Å². The average molecular weight is 755 g/mol. The first-order chi connectivity index (χ1) is 25.7. The molecular weight excluding hydrogens is 704 g/mol. The van der Waals surface area contributed by atoms with Gasteiger partial charge in [0, 0.05) is 24.0 Å². The van der Waals surface area contributed by atoms with Gasteiger partial charge in [-0.3, -0.25) is 14.4 Å². The number of carbonyl (C=O) groups is 3. The molecule has 292 valence electrons. The predicted octanol–water partition coefficient (Wildman–Crippen LogP) is 5.94. The number of hydrogen-bond acceptors (Lipinski definition) is 7. The number of piperidine rings is 1. The van der Waals surface area contributed by atoms with E-state index < -0.39 is 53.6 Å². The molecule has 14 heteroatoms. The topological polar surface area (TPSA) is 154 Å². The van der Waals surface area contributed by atoms with Crippen LogP contribution in [0, 0.1) is 25.6 Å². The number of aliphatic hydroxyl groups is 1. The average Bonchev–Trinajstić information content (AvgIpc) is 3.67. The standard InChI is InChI=1S/C40H50F4N6O4/c1-24-14-17-27(22-31(24)40(42,43)44)48-37(52)30-11-7-21-49(39(54)35-25(2)8-5-12-32(35)41)36(30)26-15-18-29(19-16-26)50(28-9-3-4-10-28)34(51)23-47-38(53)33(46)13-6-20-45/h5,8,12,14-19,22,28,30,33-34,36,51H,3-4,6-7,9-11,13,20-21,23,45-46H2,1-2H3,(H,47,53)(H,48,52)/t30-,33-,34?,36-/m0/s1. The Morgan fingerprint density at radius 3 is 2.33 bits per heavy atom. The number of nitrogens with zero attached hydrogens (tertiary/aromatic N) is 2. The van der Waals surface area contributed by atoms with Crippen LogP contribution in [0.3, 0.4) is 0 Å². The zero-order valence-electron chi connectivity index (χ0n) is 30.7. The minimum atomic E-state index is -4.62. The maximum Gasteiger partial charge on any atom is 0.416 e. The zero-order valence-corrected chi connectivity index (χ0v) is 30.7. The van der Waals surface area contributed by atoms with Crippen molar-refractivity contribution in [2.45, 2.75) is 95.7 Å². The van der Waals surface area contributed by atoms with Crippen LogP contribution in [-0.4, -0.2) is 65.7 Å². The number of rotatable bonds is 13. The van der Waals surface area contributed by atoms with E-state index in [1.165, 1.54) is 36.1 Å². The lowest BCUT2D eigenvalue weighted by Crippen LogP contribution is -2.51. The van der Waals surface area contributed by atoms with Crippen molar-refractivity contribution in [3.63, 3.8) is 0 Å². The van der Waals surface area contributed by atoms with Gasteiger partial charge >= 0.3 is 6.18 Å². The minimum absolute atomic E-state index is 0.0124. The minimum Gasteiger partial charge on any atom is -0.372 e. The number of anilines is 2. The molecule has 0 bridgehead atoms. The first-order valence-corrected chi connectivity index (χ1v) is 18.6. The van der Waals surface area contributed by atoms with Gasteiger partial charge in [0.15, 0.2) is 0 Å². The highest BCUT2D eigenvalue weighted by Crippen LogP contribution is 2.40. The molecule has 1 saturated heterocycles. The van der Waals surface area contributed by atoms with E-state index in [1.807, 2.05) is 4.90 Å². The van der Waals surface area contributed by atoms with Crippen LogP contribution < -0.4 is 27.0 Å². The molecule has 3 aromatic carbocycles. The molecule has 1 saturated carbocycles. The van der Waals surface area contributed by atoms with Gasteiger partial charge in [-0.25, -0.2) is 4.39 Å². The molecule has 0 radical (unpaired) electrons. The summed E-state index contributed by atoms with van der Waals surface area (Å²) in [4.78, 5) is 44.1. The highest BCUT2D eigenvalue weighted by molar-refractivity contribution is 5.98. The second-order valence-electron chi connectivity index (χ2n) is 14.3. The van der Waals surface area contributed by atoms with Crippen LogP contribution in [-0.2, 0) is 15.8 Å². The molecule has 1 aliphatic carbocycles. The Bertz CT molecular complexity index is 1760. The van der Waals surface area contributed by atoms with Crippen LogP contribution in [0.5, 0.6) is 0 Å². The number of nitrogens with two attached hydrogens (primary N) is 2. The smallest absolute Gasteiger partial charge is 0.372 e. The maximum absolute atomic E-state index is 15.2. The molecule has 7 N–H and O–H groups in total. The lowest BCUT2D eigenvalue weighted by molar-refractivity contribution is -0.138. The van der Waals surface area contributed by atoms with Crippen LogP contribution in [0.25, 0.3) is 0 Å². The van der Waals surface area contributed by atoms with E-state index in [0.29, 0.717) is 49.0 Å². The van der Waals surface area contributed by atoms with Crippen molar-refractivity contribution >= 4 is 29.1 Å². The number of likely N-dealkylation sites (tertiary alicyclic amines) is 1. The summed E-state index contributed by atoms with van der Waals surface area (Å²) in [6.07, 6.45) is -0.387. The third-order valence-corrected chi connectivity index (χ3v) is 10.6. The number of amides is 3. The summed E-state index contributed by atoms with van der Waals surface area (Å²) < 4.78 is 56.4. The molecule has 0 spiro atoms. The molecule has 2 aliphatic rings.